The molecule has 562 valence electrons. The van der Waals surface area contributed by atoms with Crippen LogP contribution in [0.4, 0.5) is 34.1 Å². The summed E-state index contributed by atoms with van der Waals surface area (Å²) in [5.74, 6) is 0. The van der Waals surface area contributed by atoms with E-state index in [1.54, 1.807) is 0 Å². The molecule has 22 aromatic rings. The minimum Gasteiger partial charge on any atom is -0.310 e. The smallest absolute Gasteiger partial charge is 0.0626 e. The fourth-order valence-corrected chi connectivity index (χ4v) is 20.1. The average molecular weight is 1520 g/mol. The van der Waals surface area contributed by atoms with E-state index < -0.39 is 0 Å². The summed E-state index contributed by atoms with van der Waals surface area (Å²) in [5.41, 5.74) is 29.9. The van der Waals surface area contributed by atoms with Crippen LogP contribution in [0.25, 0.3) is 181 Å². The Balaban J connectivity index is 0.593. The predicted molar refractivity (Wildman–Crippen MR) is 511 cm³/mol. The van der Waals surface area contributed by atoms with Crippen LogP contribution in [0.2, 0.25) is 0 Å². The van der Waals surface area contributed by atoms with Crippen LogP contribution in [0.15, 0.2) is 382 Å². The van der Waals surface area contributed by atoms with Crippen molar-refractivity contribution in [2.24, 2.45) is 0 Å². The predicted octanol–water partition coefficient (Wildman–Crippen LogP) is 32.6. The number of hydrogen-bond acceptors (Lipinski definition) is 2. The van der Waals surface area contributed by atoms with E-state index in [9.17, 15) is 0 Å². The molecule has 0 saturated heterocycles. The highest BCUT2D eigenvalue weighted by molar-refractivity contribution is 6.39. The van der Waals surface area contributed by atoms with Gasteiger partial charge in [-0.2, -0.15) is 0 Å². The van der Waals surface area contributed by atoms with Gasteiger partial charge in [-0.25, -0.2) is 0 Å². The van der Waals surface area contributed by atoms with Crippen LogP contribution in [0.5, 0.6) is 0 Å². The molecule has 0 fully saturated rings. The fourth-order valence-electron chi connectivity index (χ4n) is 20.1. The third-order valence-electron chi connectivity index (χ3n) is 26.0. The second kappa shape index (κ2) is 27.0. The molecule has 1 aliphatic carbocycles. The molecule has 1 aromatic heterocycles. The quantitative estimate of drug-likeness (QED) is 0.0842. The van der Waals surface area contributed by atoms with E-state index >= 15 is 0 Å². The van der Waals surface area contributed by atoms with Crippen molar-refractivity contribution in [3.63, 3.8) is 0 Å². The highest BCUT2D eigenvalue weighted by atomic mass is 15.1. The summed E-state index contributed by atoms with van der Waals surface area (Å²) in [6.45, 7) is 13.8. The molecule has 23 rings (SSSR count). The normalized spacial score (nSPS) is 12.8. The van der Waals surface area contributed by atoms with E-state index in [-0.39, 0.29) is 10.8 Å². The van der Waals surface area contributed by atoms with Crippen LogP contribution in [0.3, 0.4) is 0 Å². The van der Waals surface area contributed by atoms with Gasteiger partial charge in [-0.05, 0) is 274 Å². The SMILES string of the molecule is Cc1ccc(/C=C/c2ccc(-c3cc4cccc5c6c(c7cccc3c7c45)C(C)(C)c3cc(N(c4ccccc4)c4ccc(-c5ccc7cc(N(c8ccc9ccccc9c8)c8ccc9c%10c%11cccc%12cc(-c%13ccc(-c%14ccc(C(C)(C)C)cc%14)cc%13)c%13cccc(c%13c%12%11)c%10n(-c%10ccccc%10)c9c8)ccc7c5)cc4)ccc3-6)cc2)cc1. The lowest BCUT2D eigenvalue weighted by Crippen LogP contribution is -2.17. The maximum absolute atomic E-state index is 2.54. The molecule has 0 aliphatic heterocycles. The van der Waals surface area contributed by atoms with Gasteiger partial charge in [0, 0.05) is 66.8 Å². The van der Waals surface area contributed by atoms with E-state index in [0.29, 0.717) is 0 Å². The third-order valence-corrected chi connectivity index (χ3v) is 26.0. The average Bonchev–Trinajstić information content (AvgIpc) is 1.56. The molecule has 0 atom stereocenters. The highest BCUT2D eigenvalue weighted by Crippen LogP contribution is 2.59. The Hall–Kier alpha value is -14.6. The molecule has 1 heterocycles. The number of benzene rings is 21. The molecule has 0 bridgehead atoms. The molecule has 0 radical (unpaired) electrons. The molecule has 0 saturated carbocycles. The van der Waals surface area contributed by atoms with Gasteiger partial charge in [0.05, 0.1) is 11.0 Å². The van der Waals surface area contributed by atoms with Crippen molar-refractivity contribution in [2.75, 3.05) is 9.80 Å². The first-order valence-electron chi connectivity index (χ1n) is 41.7. The minimum absolute atomic E-state index is 0.0978. The molecule has 21 aromatic carbocycles. The molecule has 3 nitrogen and oxygen atoms in total. The van der Waals surface area contributed by atoms with Crippen molar-refractivity contribution >= 4 is 154 Å². The first-order chi connectivity index (χ1) is 58.3. The largest absolute Gasteiger partial charge is 0.310 e. The van der Waals surface area contributed by atoms with E-state index in [1.165, 1.54) is 175 Å². The summed E-state index contributed by atoms with van der Waals surface area (Å²) in [4.78, 5) is 4.89. The number of anilines is 6. The van der Waals surface area contributed by atoms with E-state index in [1.807, 2.05) is 0 Å². The lowest BCUT2D eigenvalue weighted by atomic mass is 9.77. The topological polar surface area (TPSA) is 11.4 Å². The van der Waals surface area contributed by atoms with Gasteiger partial charge in [0.15, 0.2) is 0 Å². The Morgan fingerprint density at radius 3 is 1.41 bits per heavy atom. The Labute approximate surface area is 693 Å². The molecule has 3 heteroatoms. The molecular weight excluding hydrogens is 1440 g/mol. The monoisotopic (exact) mass is 1520 g/mol. The minimum atomic E-state index is -0.318. The van der Waals surface area contributed by atoms with Gasteiger partial charge in [-0.1, -0.05) is 331 Å². The Bertz CT molecular complexity index is 7860. The van der Waals surface area contributed by atoms with Gasteiger partial charge in [-0.3, -0.25) is 0 Å². The number of aryl methyl sites for hydroxylation is 1. The van der Waals surface area contributed by atoms with Gasteiger partial charge in [0.1, 0.15) is 0 Å². The number of nitrogens with zero attached hydrogens (tertiary/aromatic N) is 3. The van der Waals surface area contributed by atoms with Crippen LogP contribution in [0.1, 0.15) is 68.0 Å². The standard InChI is InChI=1S/C116H83N3/c1-72-33-35-73(36-34-72)37-38-74-39-41-79(42-40-74)103-68-85-21-15-29-99-107(85)109-95(103)27-17-31-101(109)113-111(99)97-63-61-93(70-105(97)116(113,5)6)117(88-23-9-7-10-24-88)90-57-51-78(52-58-90)82-47-48-84-67-92(60-54-83(84)65-82)118(91-59-53-75-19-13-14-20-81(75)66-91)94-62-64-98-106(71-94)119(89-25-11-8-12-26-89)114-102-32-18-28-96-104(69-86-22-16-30-100(112(98)114)108(86)110(96)102)80-45-43-76(44-46-80)77-49-55-87(56-50-77)115(2,3)4/h7-71H,1-6H3/b38-37+. The molecule has 0 N–H and O–H groups in total. The van der Waals surface area contributed by atoms with Crippen molar-refractivity contribution in [3.05, 3.63) is 416 Å². The zero-order chi connectivity index (χ0) is 79.5. The summed E-state index contributed by atoms with van der Waals surface area (Å²) >= 11 is 0. The number of aromatic nitrogens is 1. The molecule has 0 unspecified atom stereocenters. The summed E-state index contributed by atoms with van der Waals surface area (Å²) < 4.78 is 2.54. The van der Waals surface area contributed by atoms with E-state index in [4.69, 9.17) is 0 Å². The van der Waals surface area contributed by atoms with E-state index in [2.05, 4.69) is 450 Å². The Kier molecular flexibility index (Phi) is 15.8. The molecular formula is C116H83N3. The maximum atomic E-state index is 2.54. The van der Waals surface area contributed by atoms with Crippen molar-refractivity contribution in [1.82, 2.24) is 4.57 Å². The second-order valence-corrected chi connectivity index (χ2v) is 34.4. The summed E-state index contributed by atoms with van der Waals surface area (Å²) in [6, 6.07) is 144. The summed E-state index contributed by atoms with van der Waals surface area (Å²) in [5, 5.41) is 22.7. The lowest BCUT2D eigenvalue weighted by molar-refractivity contribution is 0.590. The van der Waals surface area contributed by atoms with Crippen LogP contribution in [0, 0.1) is 6.92 Å². The zero-order valence-corrected chi connectivity index (χ0v) is 67.4. The van der Waals surface area contributed by atoms with Gasteiger partial charge in [0.2, 0.25) is 0 Å². The van der Waals surface area contributed by atoms with Gasteiger partial charge >= 0.3 is 0 Å². The fraction of sp³-hybridized carbons (Fsp3) is 0.0690. The number of hydrogen-bond donors (Lipinski definition) is 0. The third kappa shape index (κ3) is 11.3. The van der Waals surface area contributed by atoms with Crippen molar-refractivity contribution in [1.29, 1.82) is 0 Å². The van der Waals surface area contributed by atoms with Gasteiger partial charge in [0.25, 0.3) is 0 Å². The van der Waals surface area contributed by atoms with E-state index in [0.717, 1.165) is 61.8 Å². The van der Waals surface area contributed by atoms with Crippen molar-refractivity contribution in [3.8, 4) is 61.3 Å². The second-order valence-electron chi connectivity index (χ2n) is 34.4. The van der Waals surface area contributed by atoms with Gasteiger partial charge < -0.3 is 14.4 Å². The highest BCUT2D eigenvalue weighted by Gasteiger charge is 2.40. The first kappa shape index (κ1) is 69.8. The number of rotatable bonds is 13. The van der Waals surface area contributed by atoms with Gasteiger partial charge in [-0.15, -0.1) is 0 Å². The summed E-state index contributed by atoms with van der Waals surface area (Å²) in [6.07, 6.45) is 4.41. The van der Waals surface area contributed by atoms with Crippen LogP contribution < -0.4 is 9.80 Å². The Morgan fingerprint density at radius 2 is 0.731 bits per heavy atom. The number of fused-ring (bicyclic) bond motifs is 12. The van der Waals surface area contributed by atoms with Crippen LogP contribution in [-0.2, 0) is 10.8 Å². The molecule has 0 amide bonds. The first-order valence-corrected chi connectivity index (χ1v) is 41.7. The molecule has 119 heavy (non-hydrogen) atoms. The number of para-hydroxylation sites is 2. The van der Waals surface area contributed by atoms with Crippen LogP contribution in [-0.4, -0.2) is 4.57 Å². The molecule has 1 aliphatic rings. The van der Waals surface area contributed by atoms with Crippen molar-refractivity contribution < 1.29 is 0 Å². The molecule has 0 spiro atoms. The van der Waals surface area contributed by atoms with Crippen LogP contribution >= 0.6 is 0 Å². The lowest BCUT2D eigenvalue weighted by Gasteiger charge is -2.28. The zero-order valence-electron chi connectivity index (χ0n) is 67.4. The van der Waals surface area contributed by atoms with Crippen molar-refractivity contribution in [2.45, 2.75) is 52.4 Å². The summed E-state index contributed by atoms with van der Waals surface area (Å²) in [7, 11) is 0. The maximum Gasteiger partial charge on any atom is 0.0626 e. The Morgan fingerprint density at radius 1 is 0.286 bits per heavy atom.